The molecule has 13 heavy (non-hydrogen) atoms. The van der Waals surface area contributed by atoms with Gasteiger partial charge in [-0.2, -0.15) is 5.26 Å². The lowest BCUT2D eigenvalue weighted by atomic mass is 9.66. The van der Waals surface area contributed by atoms with Crippen LogP contribution in [0.5, 0.6) is 0 Å². The van der Waals surface area contributed by atoms with Gasteiger partial charge in [-0.1, -0.05) is 13.8 Å². The quantitative estimate of drug-likeness (QED) is 0.673. The van der Waals surface area contributed by atoms with Crippen molar-refractivity contribution in [2.75, 3.05) is 0 Å². The van der Waals surface area contributed by atoms with Crippen molar-refractivity contribution in [2.24, 2.45) is 16.7 Å². The zero-order valence-electron chi connectivity index (χ0n) is 8.29. The monoisotopic (exact) mass is 181 g/mol. The van der Waals surface area contributed by atoms with Crippen molar-refractivity contribution in [3.8, 4) is 6.07 Å². The third-order valence-corrected chi connectivity index (χ3v) is 3.77. The fourth-order valence-electron chi connectivity index (χ4n) is 2.13. The van der Waals surface area contributed by atoms with Gasteiger partial charge in [0.1, 0.15) is 0 Å². The van der Waals surface area contributed by atoms with Crippen LogP contribution in [-0.4, -0.2) is 11.1 Å². The molecule has 0 bridgehead atoms. The molecular weight excluding hydrogens is 166 g/mol. The average molecular weight is 181 g/mol. The summed E-state index contributed by atoms with van der Waals surface area (Å²) in [5.41, 5.74) is -0.913. The van der Waals surface area contributed by atoms with Crippen LogP contribution in [0.25, 0.3) is 0 Å². The highest BCUT2D eigenvalue weighted by molar-refractivity contribution is 5.72. The van der Waals surface area contributed by atoms with E-state index in [2.05, 4.69) is 6.07 Å². The SMILES string of the molecule is CC1(C#N)CCC(C(=O)O)C1(C)C. The van der Waals surface area contributed by atoms with Crippen LogP contribution in [-0.2, 0) is 4.79 Å². The molecule has 0 aromatic heterocycles. The number of hydrogen-bond donors (Lipinski definition) is 1. The second-order valence-electron chi connectivity index (χ2n) is 4.60. The number of nitrogens with zero attached hydrogens (tertiary/aromatic N) is 1. The summed E-state index contributed by atoms with van der Waals surface area (Å²) in [5.74, 6) is -1.15. The van der Waals surface area contributed by atoms with Crippen molar-refractivity contribution in [1.82, 2.24) is 0 Å². The predicted octanol–water partition coefficient (Wildman–Crippen LogP) is 2.04. The fraction of sp³-hybridized carbons (Fsp3) is 0.800. The first kappa shape index (κ1) is 10.0. The van der Waals surface area contributed by atoms with Crippen LogP contribution in [0.1, 0.15) is 33.6 Å². The van der Waals surface area contributed by atoms with Gasteiger partial charge < -0.3 is 5.11 Å². The van der Waals surface area contributed by atoms with E-state index in [9.17, 15) is 4.79 Å². The summed E-state index contributed by atoms with van der Waals surface area (Å²) in [5, 5.41) is 18.0. The van der Waals surface area contributed by atoms with Crippen molar-refractivity contribution in [3.05, 3.63) is 0 Å². The molecular formula is C10H15NO2. The van der Waals surface area contributed by atoms with Gasteiger partial charge in [-0.05, 0) is 25.2 Å². The first-order valence-electron chi connectivity index (χ1n) is 4.49. The molecule has 1 aliphatic rings. The van der Waals surface area contributed by atoms with Gasteiger partial charge in [0.05, 0.1) is 17.4 Å². The van der Waals surface area contributed by atoms with Crippen LogP contribution in [0.4, 0.5) is 0 Å². The molecule has 3 nitrogen and oxygen atoms in total. The van der Waals surface area contributed by atoms with Crippen LogP contribution in [0.15, 0.2) is 0 Å². The normalized spacial score (nSPS) is 36.9. The number of carbonyl (C=O) groups is 1. The second-order valence-corrected chi connectivity index (χ2v) is 4.60. The Morgan fingerprint density at radius 2 is 2.08 bits per heavy atom. The molecule has 3 heteroatoms. The van der Waals surface area contributed by atoms with Crippen LogP contribution in [0.3, 0.4) is 0 Å². The minimum atomic E-state index is -0.774. The molecule has 0 aromatic rings. The number of aliphatic carboxylic acids is 1. The summed E-state index contributed by atoms with van der Waals surface area (Å²) in [6.07, 6.45) is 1.31. The van der Waals surface area contributed by atoms with Crippen LogP contribution in [0, 0.1) is 28.1 Å². The summed E-state index contributed by atoms with van der Waals surface area (Å²) in [6, 6.07) is 2.25. The third-order valence-electron chi connectivity index (χ3n) is 3.77. The lowest BCUT2D eigenvalue weighted by Crippen LogP contribution is -2.36. The largest absolute Gasteiger partial charge is 0.481 e. The van der Waals surface area contributed by atoms with E-state index in [1.807, 2.05) is 20.8 Å². The van der Waals surface area contributed by atoms with E-state index in [1.54, 1.807) is 0 Å². The van der Waals surface area contributed by atoms with Gasteiger partial charge in [-0.3, -0.25) is 4.79 Å². The van der Waals surface area contributed by atoms with Crippen LogP contribution >= 0.6 is 0 Å². The molecule has 2 unspecified atom stereocenters. The molecule has 1 rings (SSSR count). The molecule has 0 spiro atoms. The lowest BCUT2D eigenvalue weighted by Gasteiger charge is -2.34. The maximum atomic E-state index is 10.9. The van der Waals surface area contributed by atoms with Gasteiger partial charge in [0.25, 0.3) is 0 Å². The van der Waals surface area contributed by atoms with Gasteiger partial charge in [-0.15, -0.1) is 0 Å². The van der Waals surface area contributed by atoms with Gasteiger partial charge in [0.15, 0.2) is 0 Å². The zero-order chi connectivity index (χ0) is 10.3. The topological polar surface area (TPSA) is 61.1 Å². The second kappa shape index (κ2) is 2.73. The number of hydrogen-bond acceptors (Lipinski definition) is 2. The van der Waals surface area contributed by atoms with Gasteiger partial charge in [0.2, 0.25) is 0 Å². The number of rotatable bonds is 1. The Morgan fingerprint density at radius 1 is 1.54 bits per heavy atom. The average Bonchev–Trinajstić information content (AvgIpc) is 2.24. The van der Waals surface area contributed by atoms with Crippen LogP contribution < -0.4 is 0 Å². The van der Waals surface area contributed by atoms with Gasteiger partial charge >= 0.3 is 5.97 Å². The Morgan fingerprint density at radius 3 is 2.31 bits per heavy atom. The smallest absolute Gasteiger partial charge is 0.307 e. The van der Waals surface area contributed by atoms with E-state index in [1.165, 1.54) is 0 Å². The van der Waals surface area contributed by atoms with Gasteiger partial charge in [-0.25, -0.2) is 0 Å². The van der Waals surface area contributed by atoms with Crippen molar-refractivity contribution in [1.29, 1.82) is 5.26 Å². The first-order valence-corrected chi connectivity index (χ1v) is 4.49. The maximum absolute atomic E-state index is 10.9. The Kier molecular flexibility index (Phi) is 2.11. The Hall–Kier alpha value is -1.04. The third kappa shape index (κ3) is 1.21. The van der Waals surface area contributed by atoms with E-state index >= 15 is 0 Å². The van der Waals surface area contributed by atoms with Crippen LogP contribution in [0.2, 0.25) is 0 Å². The molecule has 0 amide bonds. The van der Waals surface area contributed by atoms with Crippen molar-refractivity contribution >= 4 is 5.97 Å². The zero-order valence-corrected chi connectivity index (χ0v) is 8.29. The Bertz CT molecular complexity index is 277. The van der Waals surface area contributed by atoms with Gasteiger partial charge in [0, 0.05) is 0 Å². The summed E-state index contributed by atoms with van der Waals surface area (Å²) < 4.78 is 0. The number of nitriles is 1. The van der Waals surface area contributed by atoms with E-state index in [-0.39, 0.29) is 5.92 Å². The predicted molar refractivity (Wildman–Crippen MR) is 47.9 cm³/mol. The summed E-state index contributed by atoms with van der Waals surface area (Å²) in [6.45, 7) is 5.61. The minimum Gasteiger partial charge on any atom is -0.481 e. The number of carboxylic acid groups (broad SMARTS) is 1. The van der Waals surface area contributed by atoms with E-state index in [4.69, 9.17) is 10.4 Å². The fourth-order valence-corrected chi connectivity index (χ4v) is 2.13. The molecule has 2 atom stereocenters. The lowest BCUT2D eigenvalue weighted by molar-refractivity contribution is -0.145. The molecule has 0 aromatic carbocycles. The summed E-state index contributed by atoms with van der Waals surface area (Å²) in [4.78, 5) is 10.9. The number of carboxylic acids is 1. The summed E-state index contributed by atoms with van der Waals surface area (Å²) in [7, 11) is 0. The molecule has 1 N–H and O–H groups in total. The Labute approximate surface area is 78.4 Å². The standard InChI is InChI=1S/C10H15NO2/c1-9(2)7(8(12)13)4-5-10(9,3)6-11/h7H,4-5H2,1-3H3,(H,12,13). The molecule has 1 saturated carbocycles. The van der Waals surface area contributed by atoms with E-state index < -0.39 is 16.8 Å². The molecule has 1 aliphatic carbocycles. The maximum Gasteiger partial charge on any atom is 0.307 e. The van der Waals surface area contributed by atoms with E-state index in [0.29, 0.717) is 12.8 Å². The van der Waals surface area contributed by atoms with Crippen molar-refractivity contribution in [2.45, 2.75) is 33.6 Å². The van der Waals surface area contributed by atoms with Crippen molar-refractivity contribution in [3.63, 3.8) is 0 Å². The molecule has 0 heterocycles. The highest BCUT2D eigenvalue weighted by Gasteiger charge is 2.54. The van der Waals surface area contributed by atoms with E-state index in [0.717, 1.165) is 0 Å². The minimum absolute atomic E-state index is 0.378. The van der Waals surface area contributed by atoms with Crippen molar-refractivity contribution < 1.29 is 9.90 Å². The highest BCUT2D eigenvalue weighted by Crippen LogP contribution is 2.55. The highest BCUT2D eigenvalue weighted by atomic mass is 16.4. The molecule has 0 radical (unpaired) electrons. The Balaban J connectivity index is 3.04. The summed E-state index contributed by atoms with van der Waals surface area (Å²) >= 11 is 0. The molecule has 0 aliphatic heterocycles. The first-order chi connectivity index (χ1) is 5.85. The molecule has 72 valence electrons. The molecule has 1 fully saturated rings. The molecule has 0 saturated heterocycles.